The smallest absolute Gasteiger partial charge is 0.214 e. The number of rotatable bonds is 6. The van der Waals surface area contributed by atoms with E-state index in [-0.39, 0.29) is 0 Å². The van der Waals surface area contributed by atoms with Crippen molar-refractivity contribution < 1.29 is 8.42 Å². The molecule has 0 radical (unpaired) electrons. The van der Waals surface area contributed by atoms with Gasteiger partial charge in [0.25, 0.3) is 0 Å². The van der Waals surface area contributed by atoms with Gasteiger partial charge in [-0.25, -0.2) is 8.42 Å². The molecule has 18 heavy (non-hydrogen) atoms. The highest BCUT2D eigenvalue weighted by atomic mass is 32.2. The van der Waals surface area contributed by atoms with E-state index in [0.29, 0.717) is 30.2 Å². The normalized spacial score (nSPS) is 22.9. The van der Waals surface area contributed by atoms with Crippen molar-refractivity contribution in [3.63, 3.8) is 0 Å². The fourth-order valence-electron chi connectivity index (χ4n) is 2.65. The van der Waals surface area contributed by atoms with Gasteiger partial charge in [0.1, 0.15) is 0 Å². The van der Waals surface area contributed by atoms with Crippen LogP contribution in [0.5, 0.6) is 0 Å². The minimum atomic E-state index is -3.05. The summed E-state index contributed by atoms with van der Waals surface area (Å²) in [6.07, 6.45) is 4.11. The largest absolute Gasteiger partial charge is 0.317 e. The van der Waals surface area contributed by atoms with Crippen LogP contribution in [0, 0.1) is 11.8 Å². The second-order valence-corrected chi connectivity index (χ2v) is 8.13. The van der Waals surface area contributed by atoms with Gasteiger partial charge in [0.05, 0.1) is 5.75 Å². The predicted octanol–water partition coefficient (Wildman–Crippen LogP) is 1.44. The first-order valence-electron chi connectivity index (χ1n) is 7.19. The second kappa shape index (κ2) is 5.88. The highest BCUT2D eigenvalue weighted by Crippen LogP contribution is 2.31. The molecule has 2 rings (SSSR count). The lowest BCUT2D eigenvalue weighted by atomic mass is 10.0. The van der Waals surface area contributed by atoms with Crippen molar-refractivity contribution in [3.05, 3.63) is 0 Å². The Morgan fingerprint density at radius 1 is 1.17 bits per heavy atom. The summed E-state index contributed by atoms with van der Waals surface area (Å²) in [6.45, 7) is 6.81. The van der Waals surface area contributed by atoms with Gasteiger partial charge in [-0.15, -0.1) is 0 Å². The van der Waals surface area contributed by atoms with E-state index >= 15 is 0 Å². The quantitative estimate of drug-likeness (QED) is 0.797. The van der Waals surface area contributed by atoms with Gasteiger partial charge in [0, 0.05) is 12.6 Å². The Morgan fingerprint density at radius 3 is 2.28 bits per heavy atom. The number of sulfonamides is 1. The number of hydrogen-bond donors (Lipinski definition) is 1. The van der Waals surface area contributed by atoms with Crippen molar-refractivity contribution in [2.24, 2.45) is 11.8 Å². The molecule has 1 heterocycles. The van der Waals surface area contributed by atoms with E-state index in [2.05, 4.69) is 19.2 Å². The summed E-state index contributed by atoms with van der Waals surface area (Å²) < 4.78 is 26.8. The minimum absolute atomic E-state index is 0.305. The Kier molecular flexibility index (Phi) is 4.67. The Balaban J connectivity index is 1.97. The Morgan fingerprint density at radius 2 is 1.78 bits per heavy atom. The molecule has 1 aliphatic heterocycles. The van der Waals surface area contributed by atoms with Crippen LogP contribution in [-0.4, -0.2) is 44.2 Å². The number of piperidine rings is 1. The monoisotopic (exact) mass is 274 g/mol. The second-order valence-electron chi connectivity index (χ2n) is 6.17. The van der Waals surface area contributed by atoms with E-state index in [4.69, 9.17) is 0 Å². The first kappa shape index (κ1) is 14.3. The van der Waals surface area contributed by atoms with Gasteiger partial charge < -0.3 is 5.32 Å². The van der Waals surface area contributed by atoms with Crippen LogP contribution >= 0.6 is 0 Å². The van der Waals surface area contributed by atoms with Crippen LogP contribution in [0.2, 0.25) is 0 Å². The Labute approximate surface area is 111 Å². The third kappa shape index (κ3) is 3.93. The molecule has 1 saturated carbocycles. The molecule has 0 atom stereocenters. The molecule has 0 unspecified atom stereocenters. The van der Waals surface area contributed by atoms with Crippen molar-refractivity contribution in [2.75, 3.05) is 25.4 Å². The molecule has 0 spiro atoms. The molecular weight excluding hydrogens is 248 g/mol. The molecule has 0 bridgehead atoms. The number of hydrogen-bond acceptors (Lipinski definition) is 3. The van der Waals surface area contributed by atoms with Crippen molar-refractivity contribution in [1.29, 1.82) is 0 Å². The molecule has 106 valence electrons. The maximum absolute atomic E-state index is 12.5. The van der Waals surface area contributed by atoms with E-state index in [1.807, 2.05) is 0 Å². The SMILES string of the molecule is CC(C)CN(C1CC1)S(=O)(=O)CC1CCNCC1. The summed E-state index contributed by atoms with van der Waals surface area (Å²) in [7, 11) is -3.05. The standard InChI is InChI=1S/C13H26N2O2S/c1-11(2)9-15(13-3-4-13)18(16,17)10-12-5-7-14-8-6-12/h11-14H,3-10H2,1-2H3. The molecule has 2 aliphatic rings. The highest BCUT2D eigenvalue weighted by Gasteiger charge is 2.38. The van der Waals surface area contributed by atoms with Gasteiger partial charge in [-0.1, -0.05) is 13.8 Å². The van der Waals surface area contributed by atoms with Crippen LogP contribution in [0.4, 0.5) is 0 Å². The molecule has 4 nitrogen and oxygen atoms in total. The van der Waals surface area contributed by atoms with E-state index < -0.39 is 10.0 Å². The molecule has 0 amide bonds. The molecule has 0 aromatic rings. The van der Waals surface area contributed by atoms with Crippen LogP contribution in [-0.2, 0) is 10.0 Å². The first-order valence-corrected chi connectivity index (χ1v) is 8.80. The molecule has 1 aliphatic carbocycles. The predicted molar refractivity (Wildman–Crippen MR) is 73.9 cm³/mol. The van der Waals surface area contributed by atoms with Gasteiger partial charge in [-0.3, -0.25) is 0 Å². The Hall–Kier alpha value is -0.130. The van der Waals surface area contributed by atoms with E-state index in [1.54, 1.807) is 4.31 Å². The summed E-state index contributed by atoms with van der Waals surface area (Å²) in [4.78, 5) is 0. The van der Waals surface area contributed by atoms with Crippen molar-refractivity contribution >= 4 is 10.0 Å². The summed E-state index contributed by atoms with van der Waals surface area (Å²) in [6, 6.07) is 0.305. The van der Waals surface area contributed by atoms with Crippen LogP contribution in [0.3, 0.4) is 0 Å². The zero-order chi connectivity index (χ0) is 13.2. The lowest BCUT2D eigenvalue weighted by Gasteiger charge is -2.28. The fraction of sp³-hybridized carbons (Fsp3) is 1.00. The molecular formula is C13H26N2O2S. The first-order chi connectivity index (χ1) is 8.49. The number of nitrogens with one attached hydrogen (secondary N) is 1. The zero-order valence-corrected chi connectivity index (χ0v) is 12.4. The average molecular weight is 274 g/mol. The lowest BCUT2D eigenvalue weighted by molar-refractivity contribution is 0.346. The maximum atomic E-state index is 12.5. The molecule has 1 N–H and O–H groups in total. The fourth-order valence-corrected chi connectivity index (χ4v) is 4.97. The minimum Gasteiger partial charge on any atom is -0.317 e. The van der Waals surface area contributed by atoms with Crippen molar-refractivity contribution in [3.8, 4) is 0 Å². The molecule has 0 aromatic heterocycles. The Bertz CT molecular complexity index is 357. The van der Waals surface area contributed by atoms with E-state index in [9.17, 15) is 8.42 Å². The molecule has 5 heteroatoms. The topological polar surface area (TPSA) is 49.4 Å². The van der Waals surface area contributed by atoms with Gasteiger partial charge in [0.2, 0.25) is 10.0 Å². The third-order valence-corrected chi connectivity index (χ3v) is 5.82. The van der Waals surface area contributed by atoms with Gasteiger partial charge >= 0.3 is 0 Å². The highest BCUT2D eigenvalue weighted by molar-refractivity contribution is 7.89. The lowest BCUT2D eigenvalue weighted by Crippen LogP contribution is -2.41. The summed E-state index contributed by atoms with van der Waals surface area (Å²) in [5.41, 5.74) is 0. The average Bonchev–Trinajstić information content (AvgIpc) is 3.10. The van der Waals surface area contributed by atoms with Crippen LogP contribution in [0.25, 0.3) is 0 Å². The molecule has 1 saturated heterocycles. The summed E-state index contributed by atoms with van der Waals surface area (Å²) >= 11 is 0. The van der Waals surface area contributed by atoms with Crippen LogP contribution < -0.4 is 5.32 Å². The van der Waals surface area contributed by atoms with E-state index in [0.717, 1.165) is 38.8 Å². The maximum Gasteiger partial charge on any atom is 0.214 e. The van der Waals surface area contributed by atoms with Crippen LogP contribution in [0.15, 0.2) is 0 Å². The van der Waals surface area contributed by atoms with Gasteiger partial charge in [-0.05, 0) is 50.6 Å². The van der Waals surface area contributed by atoms with Crippen molar-refractivity contribution in [1.82, 2.24) is 9.62 Å². The van der Waals surface area contributed by atoms with Gasteiger partial charge in [0.15, 0.2) is 0 Å². The van der Waals surface area contributed by atoms with Crippen LogP contribution in [0.1, 0.15) is 39.5 Å². The summed E-state index contributed by atoms with van der Waals surface area (Å²) in [5, 5.41) is 3.29. The summed E-state index contributed by atoms with van der Waals surface area (Å²) in [5.74, 6) is 1.12. The molecule has 0 aromatic carbocycles. The van der Waals surface area contributed by atoms with E-state index in [1.165, 1.54) is 0 Å². The van der Waals surface area contributed by atoms with Crippen molar-refractivity contribution in [2.45, 2.75) is 45.6 Å². The third-order valence-electron chi connectivity index (χ3n) is 3.76. The zero-order valence-electron chi connectivity index (χ0n) is 11.6. The number of nitrogens with zero attached hydrogens (tertiary/aromatic N) is 1. The van der Waals surface area contributed by atoms with Gasteiger partial charge in [-0.2, -0.15) is 4.31 Å². The molecule has 2 fully saturated rings.